The van der Waals surface area contributed by atoms with Crippen molar-refractivity contribution in [3.8, 4) is 11.4 Å². The summed E-state index contributed by atoms with van der Waals surface area (Å²) in [6, 6.07) is 38.0. The first-order valence-electron chi connectivity index (χ1n) is 12.0. The van der Waals surface area contributed by atoms with Gasteiger partial charge in [-0.1, -0.05) is 72.8 Å². The fourth-order valence-electron chi connectivity index (χ4n) is 4.40. The smallest absolute Gasteiger partial charge is 0.162 e. The topological polar surface area (TPSA) is 41.1 Å². The lowest BCUT2D eigenvalue weighted by molar-refractivity contribution is 0.715. The first kappa shape index (κ1) is 22.6. The summed E-state index contributed by atoms with van der Waals surface area (Å²) in [6.45, 7) is 0.777. The molecule has 0 saturated heterocycles. The van der Waals surface area contributed by atoms with Gasteiger partial charge in [0.1, 0.15) is 5.82 Å². The number of anilines is 2. The summed E-state index contributed by atoms with van der Waals surface area (Å²) >= 11 is 0. The van der Waals surface area contributed by atoms with E-state index in [2.05, 4.69) is 107 Å². The minimum absolute atomic E-state index is 0.315. The quantitative estimate of drug-likeness (QED) is 0.278. The first-order chi connectivity index (χ1) is 17.2. The fourth-order valence-corrected chi connectivity index (χ4v) is 4.40. The van der Waals surface area contributed by atoms with Gasteiger partial charge < -0.3 is 10.2 Å². The van der Waals surface area contributed by atoms with Gasteiger partial charge in [0, 0.05) is 43.2 Å². The zero-order chi connectivity index (χ0) is 24.0. The number of benzene rings is 4. The molecule has 35 heavy (non-hydrogen) atoms. The molecule has 5 rings (SSSR count). The second-order valence-electron chi connectivity index (χ2n) is 9.03. The van der Waals surface area contributed by atoms with Crippen LogP contribution >= 0.6 is 0 Å². The molecule has 4 heteroatoms. The number of para-hydroxylation sites is 1. The molecule has 0 aliphatic carbocycles. The van der Waals surface area contributed by atoms with Crippen LogP contribution in [0.2, 0.25) is 0 Å². The number of aromatic nitrogens is 2. The predicted molar refractivity (Wildman–Crippen MR) is 147 cm³/mol. The molecule has 4 nitrogen and oxygen atoms in total. The van der Waals surface area contributed by atoms with Gasteiger partial charge in [0.05, 0.1) is 5.52 Å². The maximum absolute atomic E-state index is 4.98. The van der Waals surface area contributed by atoms with E-state index < -0.39 is 0 Å². The largest absolute Gasteiger partial charge is 0.378 e. The monoisotopic (exact) mass is 458 g/mol. The average molecular weight is 459 g/mol. The van der Waals surface area contributed by atoms with Gasteiger partial charge in [-0.05, 0) is 53.9 Å². The van der Waals surface area contributed by atoms with Crippen LogP contribution < -0.4 is 10.2 Å². The molecule has 0 saturated carbocycles. The van der Waals surface area contributed by atoms with Gasteiger partial charge in [0.25, 0.3) is 0 Å². The lowest BCUT2D eigenvalue weighted by Crippen LogP contribution is -2.16. The molecule has 5 aromatic rings. The molecule has 174 valence electrons. The highest BCUT2D eigenvalue weighted by Crippen LogP contribution is 2.28. The Labute approximate surface area is 207 Å². The van der Waals surface area contributed by atoms with Crippen molar-refractivity contribution in [1.29, 1.82) is 0 Å². The van der Waals surface area contributed by atoms with E-state index in [0.29, 0.717) is 5.92 Å². The third-order valence-corrected chi connectivity index (χ3v) is 6.36. The van der Waals surface area contributed by atoms with Crippen molar-refractivity contribution >= 4 is 22.4 Å². The fraction of sp³-hybridized carbons (Fsp3) is 0.161. The van der Waals surface area contributed by atoms with E-state index in [0.717, 1.165) is 46.8 Å². The molecule has 1 heterocycles. The van der Waals surface area contributed by atoms with E-state index in [1.165, 1.54) is 11.1 Å². The van der Waals surface area contributed by atoms with E-state index in [9.17, 15) is 0 Å². The van der Waals surface area contributed by atoms with Crippen LogP contribution in [0.4, 0.5) is 11.5 Å². The maximum Gasteiger partial charge on any atom is 0.162 e. The summed E-state index contributed by atoms with van der Waals surface area (Å²) in [7, 11) is 4.09. The molecule has 0 bridgehead atoms. The van der Waals surface area contributed by atoms with Crippen LogP contribution in [0.1, 0.15) is 17.0 Å². The van der Waals surface area contributed by atoms with Crippen molar-refractivity contribution < 1.29 is 0 Å². The Morgan fingerprint density at radius 3 is 2.09 bits per heavy atom. The highest BCUT2D eigenvalue weighted by molar-refractivity contribution is 5.90. The van der Waals surface area contributed by atoms with Gasteiger partial charge >= 0.3 is 0 Å². The Morgan fingerprint density at radius 2 is 1.37 bits per heavy atom. The molecular formula is C31H30N4. The second-order valence-corrected chi connectivity index (χ2v) is 9.03. The molecule has 1 atom stereocenters. The highest BCUT2D eigenvalue weighted by Gasteiger charge is 2.15. The standard InChI is InChI=1S/C31H30N4/c1-35(2)27-19-17-25(18-20-27)30-33-29-16-10-9-15-28(29)31(34-30)32-22-26(24-13-7-4-8-14-24)21-23-11-5-3-6-12-23/h3-20,26H,21-22H2,1-2H3,(H,32,33,34). The van der Waals surface area contributed by atoms with Crippen LogP contribution in [0.25, 0.3) is 22.3 Å². The van der Waals surface area contributed by atoms with E-state index in [1.54, 1.807) is 0 Å². The maximum atomic E-state index is 4.98. The molecule has 0 aliphatic rings. The Morgan fingerprint density at radius 1 is 0.714 bits per heavy atom. The average Bonchev–Trinajstić information content (AvgIpc) is 2.92. The van der Waals surface area contributed by atoms with Crippen molar-refractivity contribution in [3.63, 3.8) is 0 Å². The van der Waals surface area contributed by atoms with Crippen LogP contribution in [0.5, 0.6) is 0 Å². The van der Waals surface area contributed by atoms with Crippen molar-refractivity contribution in [1.82, 2.24) is 9.97 Å². The second kappa shape index (κ2) is 10.4. The Balaban J connectivity index is 1.47. The summed E-state index contributed by atoms with van der Waals surface area (Å²) in [5.41, 5.74) is 5.75. The zero-order valence-corrected chi connectivity index (χ0v) is 20.2. The minimum Gasteiger partial charge on any atom is -0.378 e. The van der Waals surface area contributed by atoms with Crippen molar-refractivity contribution in [2.75, 3.05) is 30.9 Å². The Bertz CT molecular complexity index is 1380. The summed E-state index contributed by atoms with van der Waals surface area (Å²) in [5.74, 6) is 1.92. The van der Waals surface area contributed by atoms with Crippen molar-refractivity contribution in [2.24, 2.45) is 0 Å². The van der Waals surface area contributed by atoms with E-state index >= 15 is 0 Å². The molecule has 0 radical (unpaired) electrons. The van der Waals surface area contributed by atoms with Gasteiger partial charge in [-0.3, -0.25) is 0 Å². The van der Waals surface area contributed by atoms with E-state index in [4.69, 9.17) is 9.97 Å². The third-order valence-electron chi connectivity index (χ3n) is 6.36. The summed E-state index contributed by atoms with van der Waals surface area (Å²) < 4.78 is 0. The van der Waals surface area contributed by atoms with Gasteiger partial charge in [0.2, 0.25) is 0 Å². The van der Waals surface area contributed by atoms with Gasteiger partial charge in [-0.2, -0.15) is 0 Å². The molecule has 1 aromatic heterocycles. The lowest BCUT2D eigenvalue weighted by Gasteiger charge is -2.20. The van der Waals surface area contributed by atoms with Gasteiger partial charge in [0.15, 0.2) is 5.82 Å². The number of hydrogen-bond donors (Lipinski definition) is 1. The lowest BCUT2D eigenvalue weighted by atomic mass is 9.92. The van der Waals surface area contributed by atoms with Crippen LogP contribution in [0, 0.1) is 0 Å². The zero-order valence-electron chi connectivity index (χ0n) is 20.2. The Kier molecular flexibility index (Phi) is 6.71. The van der Waals surface area contributed by atoms with Crippen molar-refractivity contribution in [2.45, 2.75) is 12.3 Å². The SMILES string of the molecule is CN(C)c1ccc(-c2nc(NCC(Cc3ccccc3)c3ccccc3)c3ccccc3n2)cc1. The number of hydrogen-bond acceptors (Lipinski definition) is 4. The minimum atomic E-state index is 0.315. The molecule has 4 aromatic carbocycles. The molecule has 1 unspecified atom stereocenters. The first-order valence-corrected chi connectivity index (χ1v) is 12.0. The molecule has 0 amide bonds. The van der Waals surface area contributed by atoms with E-state index in [-0.39, 0.29) is 0 Å². The van der Waals surface area contributed by atoms with Crippen LogP contribution in [-0.4, -0.2) is 30.6 Å². The molecule has 0 aliphatic heterocycles. The molecule has 0 spiro atoms. The van der Waals surface area contributed by atoms with Gasteiger partial charge in [-0.15, -0.1) is 0 Å². The number of nitrogens with zero attached hydrogens (tertiary/aromatic N) is 3. The number of rotatable bonds is 8. The van der Waals surface area contributed by atoms with Crippen molar-refractivity contribution in [3.05, 3.63) is 120 Å². The highest BCUT2D eigenvalue weighted by atomic mass is 15.1. The molecular weight excluding hydrogens is 428 g/mol. The molecule has 1 N–H and O–H groups in total. The Hall–Kier alpha value is -4.18. The predicted octanol–water partition coefficient (Wildman–Crippen LogP) is 6.80. The van der Waals surface area contributed by atoms with Gasteiger partial charge in [-0.25, -0.2) is 9.97 Å². The summed E-state index contributed by atoms with van der Waals surface area (Å²) in [5, 5.41) is 4.72. The number of nitrogens with one attached hydrogen (secondary N) is 1. The summed E-state index contributed by atoms with van der Waals surface area (Å²) in [4.78, 5) is 11.9. The van der Waals surface area contributed by atoms with Crippen LogP contribution in [0.3, 0.4) is 0 Å². The van der Waals surface area contributed by atoms with Crippen LogP contribution in [0.15, 0.2) is 109 Å². The third kappa shape index (κ3) is 5.33. The van der Waals surface area contributed by atoms with E-state index in [1.807, 2.05) is 26.2 Å². The normalized spacial score (nSPS) is 11.8. The molecule has 0 fully saturated rings. The summed E-state index contributed by atoms with van der Waals surface area (Å²) in [6.07, 6.45) is 0.958. The van der Waals surface area contributed by atoms with Crippen LogP contribution in [-0.2, 0) is 6.42 Å². The number of fused-ring (bicyclic) bond motifs is 1.